The molecule has 0 aliphatic carbocycles. The van der Waals surface area contributed by atoms with Gasteiger partial charge in [0.25, 0.3) is 0 Å². The van der Waals surface area contributed by atoms with Crippen LogP contribution in [0, 0.1) is 6.92 Å². The first-order valence-electron chi connectivity index (χ1n) is 6.36. The Hall–Kier alpha value is -2.17. The van der Waals surface area contributed by atoms with Gasteiger partial charge in [0.05, 0.1) is 5.69 Å². The highest BCUT2D eigenvalue weighted by Crippen LogP contribution is 2.08. The molecular formula is C14H17N3O2. The molecular weight excluding hydrogens is 242 g/mol. The largest absolute Gasteiger partial charge is 0.476 e. The number of hydrogen-bond donors (Lipinski definition) is 1. The van der Waals surface area contributed by atoms with Crippen LogP contribution < -0.4 is 0 Å². The summed E-state index contributed by atoms with van der Waals surface area (Å²) in [4.78, 5) is 10.8. The molecule has 0 saturated heterocycles. The van der Waals surface area contributed by atoms with E-state index in [1.54, 1.807) is 11.6 Å². The van der Waals surface area contributed by atoms with Crippen molar-refractivity contribution >= 4 is 5.97 Å². The Morgan fingerprint density at radius 1 is 1.26 bits per heavy atom. The molecule has 100 valence electrons. The van der Waals surface area contributed by atoms with Crippen LogP contribution in [0.15, 0.2) is 30.3 Å². The Balaban J connectivity index is 1.82. The van der Waals surface area contributed by atoms with Crippen molar-refractivity contribution in [2.24, 2.45) is 0 Å². The number of aromatic carboxylic acids is 1. The van der Waals surface area contributed by atoms with Crippen LogP contribution in [0.1, 0.15) is 34.6 Å². The van der Waals surface area contributed by atoms with E-state index in [0.717, 1.165) is 19.3 Å². The number of hydrogen-bond acceptors (Lipinski definition) is 3. The lowest BCUT2D eigenvalue weighted by atomic mass is 10.1. The lowest BCUT2D eigenvalue weighted by Gasteiger charge is -2.03. The van der Waals surface area contributed by atoms with Crippen molar-refractivity contribution in [3.63, 3.8) is 0 Å². The summed E-state index contributed by atoms with van der Waals surface area (Å²) in [6, 6.07) is 10.3. The molecule has 0 amide bonds. The fraction of sp³-hybridized carbons (Fsp3) is 0.357. The Labute approximate surface area is 111 Å². The van der Waals surface area contributed by atoms with Gasteiger partial charge in [0.2, 0.25) is 0 Å². The molecule has 5 heteroatoms. The molecule has 1 aromatic heterocycles. The van der Waals surface area contributed by atoms with Crippen molar-refractivity contribution in [2.45, 2.75) is 32.7 Å². The standard InChI is InChI=1S/C14H17N3O2/c1-11-13(14(18)19)15-16-17(11)10-6-5-9-12-7-3-2-4-8-12/h2-4,7-8H,5-6,9-10H2,1H3,(H,18,19). The normalized spacial score (nSPS) is 10.6. The Morgan fingerprint density at radius 3 is 2.63 bits per heavy atom. The number of carboxylic acid groups (broad SMARTS) is 1. The van der Waals surface area contributed by atoms with Gasteiger partial charge in [-0.15, -0.1) is 5.10 Å². The molecule has 1 N–H and O–H groups in total. The molecule has 5 nitrogen and oxygen atoms in total. The summed E-state index contributed by atoms with van der Waals surface area (Å²) in [5.74, 6) is -1.02. The van der Waals surface area contributed by atoms with E-state index in [4.69, 9.17) is 5.11 Å². The van der Waals surface area contributed by atoms with Gasteiger partial charge < -0.3 is 5.11 Å². The first kappa shape index (κ1) is 13.3. The van der Waals surface area contributed by atoms with Gasteiger partial charge in [-0.1, -0.05) is 35.5 Å². The van der Waals surface area contributed by atoms with Crippen LogP contribution in [0.25, 0.3) is 0 Å². The van der Waals surface area contributed by atoms with Crippen molar-refractivity contribution in [3.05, 3.63) is 47.3 Å². The zero-order valence-corrected chi connectivity index (χ0v) is 10.9. The Bertz CT molecular complexity index is 549. The predicted molar refractivity (Wildman–Crippen MR) is 71.1 cm³/mol. The van der Waals surface area contributed by atoms with Crippen molar-refractivity contribution in [2.75, 3.05) is 0 Å². The SMILES string of the molecule is Cc1c(C(=O)O)nnn1CCCCc1ccccc1. The topological polar surface area (TPSA) is 68.0 Å². The van der Waals surface area contributed by atoms with Gasteiger partial charge >= 0.3 is 5.97 Å². The fourth-order valence-electron chi connectivity index (χ4n) is 2.01. The van der Waals surface area contributed by atoms with E-state index < -0.39 is 5.97 Å². The third-order valence-corrected chi connectivity index (χ3v) is 3.11. The second-order valence-electron chi connectivity index (χ2n) is 4.49. The molecule has 0 aliphatic heterocycles. The number of carbonyl (C=O) groups is 1. The summed E-state index contributed by atoms with van der Waals surface area (Å²) >= 11 is 0. The lowest BCUT2D eigenvalue weighted by molar-refractivity contribution is 0.0689. The number of unbranched alkanes of at least 4 members (excludes halogenated alkanes) is 1. The van der Waals surface area contributed by atoms with Gasteiger partial charge in [0.15, 0.2) is 5.69 Å². The van der Waals surface area contributed by atoms with Crippen LogP contribution in [-0.4, -0.2) is 26.1 Å². The summed E-state index contributed by atoms with van der Waals surface area (Å²) < 4.78 is 1.66. The fourth-order valence-corrected chi connectivity index (χ4v) is 2.01. The molecule has 0 aliphatic rings. The Morgan fingerprint density at radius 2 is 2.00 bits per heavy atom. The summed E-state index contributed by atoms with van der Waals surface area (Å²) in [5, 5.41) is 16.4. The summed E-state index contributed by atoms with van der Waals surface area (Å²) in [5.41, 5.74) is 1.99. The van der Waals surface area contributed by atoms with E-state index >= 15 is 0 Å². The summed E-state index contributed by atoms with van der Waals surface area (Å²) in [7, 11) is 0. The molecule has 0 radical (unpaired) electrons. The molecule has 0 fully saturated rings. The first-order chi connectivity index (χ1) is 9.18. The zero-order valence-electron chi connectivity index (χ0n) is 10.9. The molecule has 0 unspecified atom stereocenters. The van der Waals surface area contributed by atoms with Gasteiger partial charge in [-0.05, 0) is 31.7 Å². The smallest absolute Gasteiger partial charge is 0.358 e. The van der Waals surface area contributed by atoms with Crippen molar-refractivity contribution < 1.29 is 9.90 Å². The van der Waals surface area contributed by atoms with Crippen molar-refractivity contribution in [3.8, 4) is 0 Å². The number of benzene rings is 1. The van der Waals surface area contributed by atoms with Crippen molar-refractivity contribution in [1.29, 1.82) is 0 Å². The molecule has 1 heterocycles. The van der Waals surface area contributed by atoms with Crippen LogP contribution in [0.2, 0.25) is 0 Å². The Kier molecular flexibility index (Phi) is 4.28. The third kappa shape index (κ3) is 3.40. The van der Waals surface area contributed by atoms with Crippen LogP contribution in [0.4, 0.5) is 0 Å². The highest BCUT2D eigenvalue weighted by Gasteiger charge is 2.14. The molecule has 2 aromatic rings. The molecule has 0 spiro atoms. The number of carboxylic acids is 1. The maximum absolute atomic E-state index is 10.8. The van der Waals surface area contributed by atoms with Crippen LogP contribution in [0.3, 0.4) is 0 Å². The molecule has 19 heavy (non-hydrogen) atoms. The van der Waals surface area contributed by atoms with Gasteiger partial charge in [0, 0.05) is 6.54 Å². The van der Waals surface area contributed by atoms with E-state index in [9.17, 15) is 4.79 Å². The average molecular weight is 259 g/mol. The summed E-state index contributed by atoms with van der Waals surface area (Å²) in [6.07, 6.45) is 3.03. The van der Waals surface area contributed by atoms with E-state index in [-0.39, 0.29) is 5.69 Å². The van der Waals surface area contributed by atoms with Crippen LogP contribution >= 0.6 is 0 Å². The molecule has 0 atom stereocenters. The average Bonchev–Trinajstić information content (AvgIpc) is 2.77. The monoisotopic (exact) mass is 259 g/mol. The number of nitrogens with zero attached hydrogens (tertiary/aromatic N) is 3. The quantitative estimate of drug-likeness (QED) is 0.808. The third-order valence-electron chi connectivity index (χ3n) is 3.11. The second-order valence-corrected chi connectivity index (χ2v) is 4.49. The van der Waals surface area contributed by atoms with Crippen LogP contribution in [0.5, 0.6) is 0 Å². The highest BCUT2D eigenvalue weighted by molar-refractivity contribution is 5.86. The maximum atomic E-state index is 10.8. The zero-order chi connectivity index (χ0) is 13.7. The van der Waals surface area contributed by atoms with Gasteiger partial charge in [0.1, 0.15) is 0 Å². The van der Waals surface area contributed by atoms with Gasteiger partial charge in [-0.3, -0.25) is 0 Å². The predicted octanol–water partition coefficient (Wildman–Crippen LogP) is 2.31. The minimum Gasteiger partial charge on any atom is -0.476 e. The molecule has 0 bridgehead atoms. The molecule has 1 aromatic carbocycles. The maximum Gasteiger partial charge on any atom is 0.358 e. The van der Waals surface area contributed by atoms with E-state index in [2.05, 4.69) is 22.4 Å². The first-order valence-corrected chi connectivity index (χ1v) is 6.36. The molecule has 0 saturated carbocycles. The number of aryl methyl sites for hydroxylation is 2. The van der Waals surface area contributed by atoms with E-state index in [0.29, 0.717) is 12.2 Å². The highest BCUT2D eigenvalue weighted by atomic mass is 16.4. The van der Waals surface area contributed by atoms with Gasteiger partial charge in [-0.2, -0.15) is 0 Å². The lowest BCUT2D eigenvalue weighted by Crippen LogP contribution is -2.05. The van der Waals surface area contributed by atoms with Crippen LogP contribution in [-0.2, 0) is 13.0 Å². The van der Waals surface area contributed by atoms with E-state index in [1.807, 2.05) is 18.2 Å². The van der Waals surface area contributed by atoms with E-state index in [1.165, 1.54) is 5.56 Å². The minimum atomic E-state index is -1.02. The second kappa shape index (κ2) is 6.13. The minimum absolute atomic E-state index is 0.0445. The number of aromatic nitrogens is 3. The number of rotatable bonds is 6. The van der Waals surface area contributed by atoms with Gasteiger partial charge in [-0.25, -0.2) is 9.48 Å². The summed E-state index contributed by atoms with van der Waals surface area (Å²) in [6.45, 7) is 2.44. The molecule has 2 rings (SSSR count). The van der Waals surface area contributed by atoms with Crippen molar-refractivity contribution in [1.82, 2.24) is 15.0 Å².